The lowest BCUT2D eigenvalue weighted by Crippen LogP contribution is -2.06. The zero-order valence-corrected chi connectivity index (χ0v) is 13.8. The zero-order chi connectivity index (χ0) is 16.4. The second-order valence-corrected chi connectivity index (χ2v) is 5.76. The number of aryl methyl sites for hydroxylation is 1. The molecule has 0 radical (unpaired) electrons. The fraction of sp³-hybridized carbons (Fsp3) is 0.316. The highest BCUT2D eigenvalue weighted by Crippen LogP contribution is 2.26. The highest BCUT2D eigenvalue weighted by atomic mass is 16.5. The first kappa shape index (κ1) is 15.6. The summed E-state index contributed by atoms with van der Waals surface area (Å²) in [6, 6.07) is 14.0. The number of rotatable bonds is 5. The molecule has 0 aliphatic rings. The van der Waals surface area contributed by atoms with Crippen molar-refractivity contribution >= 4 is 5.65 Å². The second-order valence-electron chi connectivity index (χ2n) is 5.76. The summed E-state index contributed by atoms with van der Waals surface area (Å²) < 4.78 is 7.35. The molecule has 0 aliphatic heterocycles. The Labute approximate surface area is 136 Å². The van der Waals surface area contributed by atoms with E-state index in [9.17, 15) is 5.11 Å². The van der Waals surface area contributed by atoms with Gasteiger partial charge in [-0.15, -0.1) is 0 Å². The number of ether oxygens (including phenoxy) is 1. The lowest BCUT2D eigenvalue weighted by atomic mass is 10.0. The largest absolute Gasteiger partial charge is 0.497 e. The summed E-state index contributed by atoms with van der Waals surface area (Å²) in [7, 11) is 1.67. The van der Waals surface area contributed by atoms with E-state index in [1.807, 2.05) is 50.2 Å². The molecule has 2 heterocycles. The number of hydrogen-bond acceptors (Lipinski definition) is 3. The third-order valence-corrected chi connectivity index (χ3v) is 4.16. The minimum absolute atomic E-state index is 0.522. The molecule has 1 atom stereocenters. The third kappa shape index (κ3) is 2.94. The Hall–Kier alpha value is -2.33. The normalized spacial score (nSPS) is 12.5. The Morgan fingerprint density at radius 3 is 2.74 bits per heavy atom. The number of aliphatic hydroxyl groups is 1. The molecule has 23 heavy (non-hydrogen) atoms. The van der Waals surface area contributed by atoms with Crippen molar-refractivity contribution < 1.29 is 9.84 Å². The van der Waals surface area contributed by atoms with E-state index >= 15 is 0 Å². The molecule has 0 saturated heterocycles. The molecule has 0 aliphatic carbocycles. The summed E-state index contributed by atoms with van der Waals surface area (Å²) in [5, 5.41) is 10.5. The SMILES string of the molecule is CCC(O)c1c(Cc2cccc(OC)c2)nc2cccc(C)n12. The molecule has 0 saturated carbocycles. The number of aliphatic hydroxyl groups excluding tert-OH is 1. The first-order valence-electron chi connectivity index (χ1n) is 7.92. The summed E-state index contributed by atoms with van der Waals surface area (Å²) >= 11 is 0. The minimum atomic E-state index is -0.522. The minimum Gasteiger partial charge on any atom is -0.497 e. The van der Waals surface area contributed by atoms with Crippen molar-refractivity contribution in [1.29, 1.82) is 0 Å². The van der Waals surface area contributed by atoms with Crippen molar-refractivity contribution in [3.8, 4) is 5.75 Å². The fourth-order valence-corrected chi connectivity index (χ4v) is 2.97. The maximum Gasteiger partial charge on any atom is 0.137 e. The molecule has 3 rings (SSSR count). The molecule has 0 bridgehead atoms. The molecule has 0 fully saturated rings. The van der Waals surface area contributed by atoms with Crippen LogP contribution in [0.5, 0.6) is 5.75 Å². The zero-order valence-electron chi connectivity index (χ0n) is 13.8. The Balaban J connectivity index is 2.10. The number of benzene rings is 1. The number of imidazole rings is 1. The van der Waals surface area contributed by atoms with Gasteiger partial charge in [0, 0.05) is 12.1 Å². The van der Waals surface area contributed by atoms with Gasteiger partial charge in [0.25, 0.3) is 0 Å². The maximum absolute atomic E-state index is 10.5. The van der Waals surface area contributed by atoms with E-state index in [0.717, 1.165) is 34.0 Å². The molecule has 120 valence electrons. The monoisotopic (exact) mass is 310 g/mol. The van der Waals surface area contributed by atoms with E-state index in [1.54, 1.807) is 7.11 Å². The van der Waals surface area contributed by atoms with Crippen LogP contribution in [0, 0.1) is 6.92 Å². The summed E-state index contributed by atoms with van der Waals surface area (Å²) in [5.41, 5.74) is 4.89. The Morgan fingerprint density at radius 1 is 1.22 bits per heavy atom. The Kier molecular flexibility index (Phi) is 4.35. The molecule has 1 aromatic carbocycles. The summed E-state index contributed by atoms with van der Waals surface area (Å²) in [6.07, 6.45) is 0.810. The standard InChI is InChI=1S/C19H22N2O2/c1-4-17(22)19-16(12-14-8-6-9-15(11-14)23-3)20-18-10-5-7-13(2)21(18)19/h5-11,17,22H,4,12H2,1-3H3. The second kappa shape index (κ2) is 6.42. The average Bonchev–Trinajstić information content (AvgIpc) is 2.93. The predicted molar refractivity (Wildman–Crippen MR) is 91.0 cm³/mol. The lowest BCUT2D eigenvalue weighted by molar-refractivity contribution is 0.166. The van der Waals surface area contributed by atoms with Crippen LogP contribution in [0.1, 0.15) is 42.1 Å². The predicted octanol–water partition coefficient (Wildman–Crippen LogP) is 3.69. The van der Waals surface area contributed by atoms with Crippen LogP contribution in [-0.4, -0.2) is 21.6 Å². The van der Waals surface area contributed by atoms with Crippen LogP contribution in [0.25, 0.3) is 5.65 Å². The van der Waals surface area contributed by atoms with E-state index < -0.39 is 6.10 Å². The molecule has 0 amide bonds. The third-order valence-electron chi connectivity index (χ3n) is 4.16. The number of aromatic nitrogens is 2. The molecule has 3 aromatic rings. The molecular weight excluding hydrogens is 288 g/mol. The fourth-order valence-electron chi connectivity index (χ4n) is 2.97. The van der Waals surface area contributed by atoms with Gasteiger partial charge in [0.1, 0.15) is 11.4 Å². The number of fused-ring (bicyclic) bond motifs is 1. The first-order chi connectivity index (χ1) is 11.1. The van der Waals surface area contributed by atoms with E-state index in [-0.39, 0.29) is 0 Å². The molecule has 4 nitrogen and oxygen atoms in total. The van der Waals surface area contributed by atoms with E-state index in [4.69, 9.17) is 9.72 Å². The van der Waals surface area contributed by atoms with Gasteiger partial charge in [-0.05, 0) is 43.2 Å². The van der Waals surface area contributed by atoms with Crippen molar-refractivity contribution in [3.63, 3.8) is 0 Å². The quantitative estimate of drug-likeness (QED) is 0.782. The number of methoxy groups -OCH3 is 1. The Morgan fingerprint density at radius 2 is 2.00 bits per heavy atom. The van der Waals surface area contributed by atoms with Crippen molar-refractivity contribution in [2.24, 2.45) is 0 Å². The highest BCUT2D eigenvalue weighted by Gasteiger charge is 2.19. The summed E-state index contributed by atoms with van der Waals surface area (Å²) in [6.45, 7) is 4.02. The van der Waals surface area contributed by atoms with Crippen LogP contribution in [0.4, 0.5) is 0 Å². The van der Waals surface area contributed by atoms with E-state index in [2.05, 4.69) is 10.5 Å². The van der Waals surface area contributed by atoms with Crippen molar-refractivity contribution in [2.45, 2.75) is 32.8 Å². The highest BCUT2D eigenvalue weighted by molar-refractivity contribution is 5.47. The van der Waals surface area contributed by atoms with Crippen LogP contribution in [0.3, 0.4) is 0 Å². The Bertz CT molecular complexity index is 823. The van der Waals surface area contributed by atoms with Gasteiger partial charge in [0.2, 0.25) is 0 Å². The molecule has 2 aromatic heterocycles. The number of hydrogen-bond donors (Lipinski definition) is 1. The molecule has 4 heteroatoms. The molecule has 1 N–H and O–H groups in total. The lowest BCUT2D eigenvalue weighted by Gasteiger charge is -2.12. The van der Waals surface area contributed by atoms with Crippen molar-refractivity contribution in [2.75, 3.05) is 7.11 Å². The molecule has 0 spiro atoms. The first-order valence-corrected chi connectivity index (χ1v) is 7.92. The van der Waals surface area contributed by atoms with Gasteiger partial charge in [-0.3, -0.25) is 4.40 Å². The average molecular weight is 310 g/mol. The van der Waals surface area contributed by atoms with Gasteiger partial charge in [0.15, 0.2) is 0 Å². The van der Waals surface area contributed by atoms with Crippen molar-refractivity contribution in [3.05, 3.63) is 65.1 Å². The van der Waals surface area contributed by atoms with Gasteiger partial charge in [-0.2, -0.15) is 0 Å². The van der Waals surface area contributed by atoms with Crippen LogP contribution in [0.2, 0.25) is 0 Å². The van der Waals surface area contributed by atoms with Gasteiger partial charge in [-0.1, -0.05) is 25.1 Å². The molecular formula is C19H22N2O2. The molecule has 1 unspecified atom stereocenters. The summed E-state index contributed by atoms with van der Waals surface area (Å²) in [5.74, 6) is 0.833. The smallest absolute Gasteiger partial charge is 0.137 e. The van der Waals surface area contributed by atoms with Crippen molar-refractivity contribution in [1.82, 2.24) is 9.38 Å². The van der Waals surface area contributed by atoms with Gasteiger partial charge >= 0.3 is 0 Å². The number of nitrogens with zero attached hydrogens (tertiary/aromatic N) is 2. The maximum atomic E-state index is 10.5. The van der Waals surface area contributed by atoms with Gasteiger partial charge < -0.3 is 9.84 Å². The van der Waals surface area contributed by atoms with E-state index in [1.165, 1.54) is 0 Å². The van der Waals surface area contributed by atoms with Gasteiger partial charge in [-0.25, -0.2) is 4.98 Å². The van der Waals surface area contributed by atoms with E-state index in [0.29, 0.717) is 12.8 Å². The summed E-state index contributed by atoms with van der Waals surface area (Å²) in [4.78, 5) is 4.76. The topological polar surface area (TPSA) is 46.8 Å². The van der Waals surface area contributed by atoms with Crippen LogP contribution in [-0.2, 0) is 6.42 Å². The van der Waals surface area contributed by atoms with Crippen LogP contribution >= 0.6 is 0 Å². The van der Waals surface area contributed by atoms with Crippen LogP contribution < -0.4 is 4.74 Å². The number of pyridine rings is 1. The van der Waals surface area contributed by atoms with Gasteiger partial charge in [0.05, 0.1) is 24.6 Å². The van der Waals surface area contributed by atoms with Crippen LogP contribution in [0.15, 0.2) is 42.5 Å².